The minimum absolute atomic E-state index is 0.165. The number of piperidine rings is 1. The number of carbonyl (C=O) groups is 2. The van der Waals surface area contributed by atoms with Gasteiger partial charge in [0.15, 0.2) is 11.6 Å². The standard InChI is InChI=1S/C22H24N6O3S/c1-13-18(22(32-2)27-20(25-13)16-6-4-10-31-16)21(30)26-15-7-8-17(24-11-15)28-9-3-5-14(12-28)19(23)29/h4,6-8,10-11,14H,3,5,9,12H2,1-2H3,(H2,23,29)(H,26,30). The van der Waals surface area contributed by atoms with Crippen molar-refractivity contribution in [1.82, 2.24) is 15.0 Å². The number of rotatable bonds is 6. The van der Waals surface area contributed by atoms with E-state index in [9.17, 15) is 9.59 Å². The molecular weight excluding hydrogens is 428 g/mol. The maximum absolute atomic E-state index is 13.0. The van der Waals surface area contributed by atoms with Gasteiger partial charge >= 0.3 is 0 Å². The third-order valence-electron chi connectivity index (χ3n) is 5.37. The normalized spacial score (nSPS) is 16.1. The summed E-state index contributed by atoms with van der Waals surface area (Å²) in [6.45, 7) is 3.15. The second kappa shape index (κ2) is 9.39. The number of nitrogens with zero attached hydrogens (tertiary/aromatic N) is 4. The highest BCUT2D eigenvalue weighted by molar-refractivity contribution is 7.98. The maximum Gasteiger partial charge on any atom is 0.260 e. The molecule has 1 aliphatic rings. The third kappa shape index (κ3) is 4.59. The zero-order chi connectivity index (χ0) is 22.7. The van der Waals surface area contributed by atoms with Crippen LogP contribution >= 0.6 is 11.8 Å². The molecule has 3 aromatic heterocycles. The van der Waals surface area contributed by atoms with Crippen molar-refractivity contribution in [2.75, 3.05) is 29.6 Å². The van der Waals surface area contributed by atoms with E-state index < -0.39 is 0 Å². The molecule has 3 aromatic rings. The summed E-state index contributed by atoms with van der Waals surface area (Å²) in [5.74, 6) is 0.989. The number of thioether (sulfide) groups is 1. The molecule has 2 amide bonds. The number of hydrogen-bond donors (Lipinski definition) is 2. The molecule has 10 heteroatoms. The van der Waals surface area contributed by atoms with E-state index in [1.54, 1.807) is 37.6 Å². The number of furan rings is 1. The van der Waals surface area contributed by atoms with E-state index >= 15 is 0 Å². The van der Waals surface area contributed by atoms with Crippen LogP contribution in [0.4, 0.5) is 11.5 Å². The minimum Gasteiger partial charge on any atom is -0.461 e. The quantitative estimate of drug-likeness (QED) is 0.431. The first kappa shape index (κ1) is 21.8. The molecule has 0 saturated carbocycles. The maximum atomic E-state index is 13.0. The van der Waals surface area contributed by atoms with E-state index in [-0.39, 0.29) is 17.7 Å². The van der Waals surface area contributed by atoms with E-state index in [0.29, 0.717) is 40.1 Å². The summed E-state index contributed by atoms with van der Waals surface area (Å²) in [6.07, 6.45) is 6.71. The summed E-state index contributed by atoms with van der Waals surface area (Å²) in [5.41, 5.74) is 7.00. The van der Waals surface area contributed by atoms with E-state index in [1.807, 2.05) is 17.2 Å². The average molecular weight is 453 g/mol. The average Bonchev–Trinajstić information content (AvgIpc) is 3.34. The Balaban J connectivity index is 1.50. The number of aromatic nitrogens is 3. The van der Waals surface area contributed by atoms with Crippen molar-refractivity contribution >= 4 is 35.1 Å². The molecule has 0 bridgehead atoms. The van der Waals surface area contributed by atoms with Gasteiger partial charge in [-0.2, -0.15) is 0 Å². The van der Waals surface area contributed by atoms with Gasteiger partial charge in [-0.25, -0.2) is 15.0 Å². The molecule has 1 fully saturated rings. The summed E-state index contributed by atoms with van der Waals surface area (Å²) in [5, 5.41) is 3.44. The predicted octanol–water partition coefficient (Wildman–Crippen LogP) is 3.12. The van der Waals surface area contributed by atoms with Crippen LogP contribution in [0.15, 0.2) is 46.2 Å². The Bertz CT molecular complexity index is 1120. The number of primary amides is 1. The number of carbonyl (C=O) groups excluding carboxylic acids is 2. The van der Waals surface area contributed by atoms with Crippen molar-refractivity contribution in [1.29, 1.82) is 0 Å². The van der Waals surface area contributed by atoms with Gasteiger partial charge in [-0.15, -0.1) is 11.8 Å². The number of aryl methyl sites for hydroxylation is 1. The van der Waals surface area contributed by atoms with Crippen LogP contribution in [-0.4, -0.2) is 46.1 Å². The topological polar surface area (TPSA) is 127 Å². The largest absolute Gasteiger partial charge is 0.461 e. The molecule has 0 spiro atoms. The molecule has 32 heavy (non-hydrogen) atoms. The summed E-state index contributed by atoms with van der Waals surface area (Å²) < 4.78 is 5.38. The van der Waals surface area contributed by atoms with Gasteiger partial charge in [0.2, 0.25) is 5.91 Å². The Kier molecular flexibility index (Phi) is 6.40. The lowest BCUT2D eigenvalue weighted by atomic mass is 9.97. The summed E-state index contributed by atoms with van der Waals surface area (Å²) in [6, 6.07) is 7.17. The van der Waals surface area contributed by atoms with Gasteiger partial charge in [-0.1, -0.05) is 0 Å². The van der Waals surface area contributed by atoms with Crippen LogP contribution in [-0.2, 0) is 4.79 Å². The van der Waals surface area contributed by atoms with Crippen molar-refractivity contribution in [3.05, 3.63) is 48.0 Å². The fraction of sp³-hybridized carbons (Fsp3) is 0.318. The molecule has 4 rings (SSSR count). The highest BCUT2D eigenvalue weighted by Crippen LogP contribution is 2.27. The highest BCUT2D eigenvalue weighted by Gasteiger charge is 2.25. The lowest BCUT2D eigenvalue weighted by Crippen LogP contribution is -2.41. The van der Waals surface area contributed by atoms with Gasteiger partial charge in [0.1, 0.15) is 10.8 Å². The number of amides is 2. The first-order valence-corrected chi connectivity index (χ1v) is 11.5. The van der Waals surface area contributed by atoms with Crippen molar-refractivity contribution in [2.24, 2.45) is 11.7 Å². The molecular formula is C22H24N6O3S. The summed E-state index contributed by atoms with van der Waals surface area (Å²) >= 11 is 1.37. The first-order chi connectivity index (χ1) is 15.5. The van der Waals surface area contributed by atoms with Gasteiger partial charge in [0.25, 0.3) is 5.91 Å². The lowest BCUT2D eigenvalue weighted by Gasteiger charge is -2.32. The molecule has 0 radical (unpaired) electrons. The molecule has 3 N–H and O–H groups in total. The monoisotopic (exact) mass is 452 g/mol. The van der Waals surface area contributed by atoms with Crippen LogP contribution < -0.4 is 16.0 Å². The Labute approximate surface area is 189 Å². The van der Waals surface area contributed by atoms with Gasteiger partial charge in [0.05, 0.1) is 35.3 Å². The second-order valence-corrected chi connectivity index (χ2v) is 8.34. The van der Waals surface area contributed by atoms with Gasteiger partial charge in [0, 0.05) is 13.1 Å². The SMILES string of the molecule is CSc1nc(-c2ccco2)nc(C)c1C(=O)Nc1ccc(N2CCCC(C(N)=O)C2)nc1. The molecule has 0 aromatic carbocycles. The zero-order valence-electron chi connectivity index (χ0n) is 17.9. The molecule has 0 aliphatic carbocycles. The fourth-order valence-electron chi connectivity index (χ4n) is 3.73. The molecule has 1 saturated heterocycles. The minimum atomic E-state index is -0.306. The Morgan fingerprint density at radius 3 is 2.78 bits per heavy atom. The zero-order valence-corrected chi connectivity index (χ0v) is 18.7. The molecule has 166 valence electrons. The smallest absolute Gasteiger partial charge is 0.260 e. The number of hydrogen-bond acceptors (Lipinski definition) is 8. The summed E-state index contributed by atoms with van der Waals surface area (Å²) in [4.78, 5) is 40.0. The van der Waals surface area contributed by atoms with Gasteiger partial charge in [-0.05, 0) is 50.3 Å². The van der Waals surface area contributed by atoms with Crippen molar-refractivity contribution in [2.45, 2.75) is 24.8 Å². The Morgan fingerprint density at radius 1 is 1.28 bits per heavy atom. The molecule has 1 atom stereocenters. The lowest BCUT2D eigenvalue weighted by molar-refractivity contribution is -0.122. The number of pyridine rings is 1. The Hall–Kier alpha value is -3.40. The highest BCUT2D eigenvalue weighted by atomic mass is 32.2. The second-order valence-electron chi connectivity index (χ2n) is 7.54. The van der Waals surface area contributed by atoms with Crippen LogP contribution in [0.25, 0.3) is 11.6 Å². The van der Waals surface area contributed by atoms with E-state index in [1.165, 1.54) is 11.8 Å². The number of nitrogens with two attached hydrogens (primary N) is 1. The van der Waals surface area contributed by atoms with Crippen molar-refractivity contribution < 1.29 is 14.0 Å². The van der Waals surface area contributed by atoms with Crippen LogP contribution in [0, 0.1) is 12.8 Å². The van der Waals surface area contributed by atoms with E-state index in [0.717, 1.165) is 25.2 Å². The number of anilines is 2. The number of nitrogens with one attached hydrogen (secondary N) is 1. The van der Waals surface area contributed by atoms with Crippen molar-refractivity contribution in [3.8, 4) is 11.6 Å². The third-order valence-corrected chi connectivity index (χ3v) is 6.05. The molecule has 4 heterocycles. The van der Waals surface area contributed by atoms with Crippen LogP contribution in [0.5, 0.6) is 0 Å². The molecule has 1 unspecified atom stereocenters. The van der Waals surface area contributed by atoms with Gasteiger partial charge < -0.3 is 20.4 Å². The van der Waals surface area contributed by atoms with E-state index in [4.69, 9.17) is 10.2 Å². The Morgan fingerprint density at radius 2 is 2.12 bits per heavy atom. The van der Waals surface area contributed by atoms with Crippen LogP contribution in [0.2, 0.25) is 0 Å². The summed E-state index contributed by atoms with van der Waals surface area (Å²) in [7, 11) is 0. The van der Waals surface area contributed by atoms with E-state index in [2.05, 4.69) is 20.3 Å². The molecule has 1 aliphatic heterocycles. The molecule has 9 nitrogen and oxygen atoms in total. The van der Waals surface area contributed by atoms with Crippen molar-refractivity contribution in [3.63, 3.8) is 0 Å². The van der Waals surface area contributed by atoms with Crippen LogP contribution in [0.3, 0.4) is 0 Å². The van der Waals surface area contributed by atoms with Crippen LogP contribution in [0.1, 0.15) is 28.9 Å². The fourth-order valence-corrected chi connectivity index (χ4v) is 4.35. The first-order valence-electron chi connectivity index (χ1n) is 10.2. The predicted molar refractivity (Wildman–Crippen MR) is 123 cm³/mol. The van der Waals surface area contributed by atoms with Gasteiger partial charge in [-0.3, -0.25) is 9.59 Å².